The quantitative estimate of drug-likeness (QED) is 0.0598. The summed E-state index contributed by atoms with van der Waals surface area (Å²) in [5, 5.41) is 24.5. The Morgan fingerprint density at radius 1 is 0.828 bits per heavy atom. The van der Waals surface area contributed by atoms with Crippen LogP contribution in [0, 0.1) is 5.92 Å². The Labute approximate surface area is 340 Å². The van der Waals surface area contributed by atoms with E-state index in [1.54, 1.807) is 40.7 Å². The molecule has 2 aromatic carbocycles. The van der Waals surface area contributed by atoms with Crippen LogP contribution < -0.4 is 0 Å². The van der Waals surface area contributed by atoms with Gasteiger partial charge in [0.2, 0.25) is 0 Å². The summed E-state index contributed by atoms with van der Waals surface area (Å²) in [6, 6.07) is 17.2. The molecule has 12 nitrogen and oxygen atoms in total. The van der Waals surface area contributed by atoms with E-state index < -0.39 is 83.4 Å². The molecule has 12 heteroatoms. The molecule has 1 saturated heterocycles. The number of hydrogen-bond donors (Lipinski definition) is 2. The van der Waals surface area contributed by atoms with Gasteiger partial charge in [0.25, 0.3) is 0 Å². The summed E-state index contributed by atoms with van der Waals surface area (Å²) in [6.07, 6.45) is -0.297. The van der Waals surface area contributed by atoms with Crippen molar-refractivity contribution < 1.29 is 57.9 Å². The molecule has 5 rings (SSSR count). The van der Waals surface area contributed by atoms with Gasteiger partial charge in [0.05, 0.1) is 12.3 Å². The van der Waals surface area contributed by atoms with E-state index in [2.05, 4.69) is 6.92 Å². The van der Waals surface area contributed by atoms with Gasteiger partial charge in [0.1, 0.15) is 11.7 Å². The molecule has 3 aliphatic rings. The highest BCUT2D eigenvalue weighted by Crippen LogP contribution is 2.57. The summed E-state index contributed by atoms with van der Waals surface area (Å²) in [5.41, 5.74) is -3.77. The van der Waals surface area contributed by atoms with Crippen molar-refractivity contribution in [3.05, 3.63) is 83.0 Å². The highest BCUT2D eigenvalue weighted by molar-refractivity contribution is 5.88. The number of ether oxygens (including phenoxy) is 5. The SMILES string of the molecule is C/C=C(/C)C(=O)O[C@H]1C(C)=C2[C@H]([C@@H]1OC(=O)CCCCCCC)[C@@](C)(OC(=O)Cc1ccc(-c3ccccc3)cc1)C[C@H](OC(=O)CCC)[C@@]1(O)[C@H]2OC(=O)[C@@]1(C)O. The average Bonchev–Trinajstić information content (AvgIpc) is 3.52. The maximum Gasteiger partial charge on any atom is 0.341 e. The second-order valence-electron chi connectivity index (χ2n) is 16.2. The van der Waals surface area contributed by atoms with Crippen LogP contribution in [0.25, 0.3) is 11.1 Å². The number of fused-ring (bicyclic) bond motifs is 3. The molecule has 1 heterocycles. The number of carbonyl (C=O) groups is 5. The second-order valence-corrected chi connectivity index (χ2v) is 16.2. The van der Waals surface area contributed by atoms with Crippen LogP contribution in [-0.2, 0) is 54.1 Å². The number of hydrogen-bond acceptors (Lipinski definition) is 12. The zero-order valence-corrected chi connectivity index (χ0v) is 34.7. The molecule has 0 spiro atoms. The van der Waals surface area contributed by atoms with E-state index in [4.69, 9.17) is 23.7 Å². The van der Waals surface area contributed by atoms with Gasteiger partial charge in [-0.3, -0.25) is 14.4 Å². The lowest BCUT2D eigenvalue weighted by atomic mass is 9.75. The van der Waals surface area contributed by atoms with Crippen LogP contribution in [0.15, 0.2) is 77.4 Å². The van der Waals surface area contributed by atoms with E-state index in [-0.39, 0.29) is 36.0 Å². The van der Waals surface area contributed by atoms with Gasteiger partial charge in [-0.05, 0) is 75.3 Å². The smallest absolute Gasteiger partial charge is 0.341 e. The molecule has 0 unspecified atom stereocenters. The Bertz CT molecular complexity index is 1900. The summed E-state index contributed by atoms with van der Waals surface area (Å²) in [4.78, 5) is 68.0. The molecular formula is C46H58O12. The first-order chi connectivity index (χ1) is 27.5. The number of rotatable bonds is 16. The molecule has 0 aromatic heterocycles. The lowest BCUT2D eigenvalue weighted by molar-refractivity contribution is -0.212. The van der Waals surface area contributed by atoms with Crippen molar-refractivity contribution in [3.63, 3.8) is 0 Å². The maximum absolute atomic E-state index is 14.2. The molecule has 0 amide bonds. The fourth-order valence-electron chi connectivity index (χ4n) is 8.48. The van der Waals surface area contributed by atoms with Gasteiger partial charge in [0, 0.05) is 24.8 Å². The Morgan fingerprint density at radius 3 is 2.10 bits per heavy atom. The highest BCUT2D eigenvalue weighted by atomic mass is 16.6. The third kappa shape index (κ3) is 8.93. The number of carbonyl (C=O) groups excluding carboxylic acids is 5. The van der Waals surface area contributed by atoms with Crippen LogP contribution in [0.4, 0.5) is 0 Å². The largest absolute Gasteiger partial charge is 0.459 e. The van der Waals surface area contributed by atoms with E-state index >= 15 is 0 Å². The van der Waals surface area contributed by atoms with Crippen molar-refractivity contribution >= 4 is 29.8 Å². The van der Waals surface area contributed by atoms with E-state index in [1.165, 1.54) is 0 Å². The van der Waals surface area contributed by atoms with Crippen LogP contribution in [0.3, 0.4) is 0 Å². The lowest BCUT2D eigenvalue weighted by Crippen LogP contribution is -2.64. The minimum absolute atomic E-state index is 0.0460. The molecule has 2 fully saturated rings. The third-order valence-corrected chi connectivity index (χ3v) is 11.9. The summed E-state index contributed by atoms with van der Waals surface area (Å²) in [5.74, 6) is -5.11. The van der Waals surface area contributed by atoms with E-state index in [0.29, 0.717) is 18.4 Å². The summed E-state index contributed by atoms with van der Waals surface area (Å²) >= 11 is 0. The normalized spacial score (nSPS) is 29.2. The van der Waals surface area contributed by atoms with E-state index in [1.807, 2.05) is 54.6 Å². The standard InChI is InChI=1S/C46H58O12/c1-8-11-12-13-17-21-35(48)55-40-38-37(29(5)39(40)56-42(50)28(4)10-3)41-46(53,45(7,52)43(51)57-41)33(54-34(47)18-9-2)27-44(38,6)58-36(49)26-30-22-24-32(25-23-30)31-19-15-14-16-20-31/h10,14-16,19-20,22-25,33,38-41,52-53H,8-9,11-13,17-18,21,26-27H2,1-7H3/b28-10-/t33-,38+,39-,40-,41-,44-,45+,46+/m0/s1. The monoisotopic (exact) mass is 802 g/mol. The number of aliphatic hydroxyl groups is 2. The molecule has 0 bridgehead atoms. The van der Waals surface area contributed by atoms with E-state index in [9.17, 15) is 34.2 Å². The first-order valence-electron chi connectivity index (χ1n) is 20.5. The van der Waals surface area contributed by atoms with E-state index in [0.717, 1.165) is 43.7 Å². The first-order valence-corrected chi connectivity index (χ1v) is 20.5. The zero-order valence-electron chi connectivity index (χ0n) is 34.7. The number of esters is 5. The molecule has 1 aliphatic heterocycles. The maximum atomic E-state index is 14.2. The van der Waals surface area contributed by atoms with Crippen molar-refractivity contribution in [1.29, 1.82) is 0 Å². The van der Waals surface area contributed by atoms with Crippen molar-refractivity contribution in [2.24, 2.45) is 5.92 Å². The number of unbranched alkanes of at least 4 members (excludes halogenated alkanes) is 4. The van der Waals surface area contributed by atoms with Crippen LogP contribution in [0.1, 0.15) is 112 Å². The molecule has 314 valence electrons. The lowest BCUT2D eigenvalue weighted by Gasteiger charge is -2.42. The first kappa shape index (κ1) is 44.3. The fourth-order valence-corrected chi connectivity index (χ4v) is 8.48. The van der Waals surface area contributed by atoms with Crippen molar-refractivity contribution in [3.8, 4) is 11.1 Å². The van der Waals surface area contributed by atoms with Crippen molar-refractivity contribution in [2.75, 3.05) is 0 Å². The van der Waals surface area contributed by atoms with Gasteiger partial charge in [-0.25, -0.2) is 9.59 Å². The van der Waals surface area contributed by atoms with Gasteiger partial charge in [-0.2, -0.15) is 0 Å². The Balaban J connectivity index is 1.61. The summed E-state index contributed by atoms with van der Waals surface area (Å²) in [7, 11) is 0. The minimum atomic E-state index is -2.62. The second kappa shape index (κ2) is 18.4. The van der Waals surface area contributed by atoms with Crippen LogP contribution in [0.2, 0.25) is 0 Å². The van der Waals surface area contributed by atoms with Crippen molar-refractivity contribution in [1.82, 2.24) is 0 Å². The summed E-state index contributed by atoms with van der Waals surface area (Å²) in [6.45, 7) is 11.3. The molecule has 0 radical (unpaired) electrons. The predicted molar refractivity (Wildman–Crippen MR) is 214 cm³/mol. The minimum Gasteiger partial charge on any atom is -0.459 e. The zero-order chi connectivity index (χ0) is 42.4. The van der Waals surface area contributed by atoms with Crippen LogP contribution in [-0.4, -0.2) is 81.3 Å². The molecule has 1 saturated carbocycles. The predicted octanol–water partition coefficient (Wildman–Crippen LogP) is 6.82. The fraction of sp³-hybridized carbons (Fsp3) is 0.543. The van der Waals surface area contributed by atoms with Gasteiger partial charge < -0.3 is 33.9 Å². The number of benzene rings is 2. The Kier molecular flexibility index (Phi) is 14.1. The molecule has 58 heavy (non-hydrogen) atoms. The highest BCUT2D eigenvalue weighted by Gasteiger charge is 2.76. The van der Waals surface area contributed by atoms with Crippen molar-refractivity contribution in [2.45, 2.75) is 154 Å². The molecular weight excluding hydrogens is 744 g/mol. The molecule has 2 aromatic rings. The Morgan fingerprint density at radius 2 is 1.47 bits per heavy atom. The Hall–Kier alpha value is -4.81. The van der Waals surface area contributed by atoms with Gasteiger partial charge in [0.15, 0.2) is 29.5 Å². The average molecular weight is 803 g/mol. The topological polar surface area (TPSA) is 172 Å². The molecule has 2 N–H and O–H groups in total. The van der Waals surface area contributed by atoms with Crippen LogP contribution >= 0.6 is 0 Å². The van der Waals surface area contributed by atoms with Gasteiger partial charge >= 0.3 is 29.8 Å². The molecule has 8 atom stereocenters. The van der Waals surface area contributed by atoms with Crippen LogP contribution in [0.5, 0.6) is 0 Å². The molecule has 2 aliphatic carbocycles. The number of allylic oxidation sites excluding steroid dienone is 1. The third-order valence-electron chi connectivity index (χ3n) is 11.9. The van der Waals surface area contributed by atoms with Gasteiger partial charge in [-0.15, -0.1) is 0 Å². The summed E-state index contributed by atoms with van der Waals surface area (Å²) < 4.78 is 30.5. The van der Waals surface area contributed by atoms with Gasteiger partial charge in [-0.1, -0.05) is 100 Å².